The standard InChI is InChI=1S/C10H10ClFO2S/c1-2-14-10(13)6-15-9-4-3-7(12)5-8(9)11/h3-5H,2,6H2,1H3. The quantitative estimate of drug-likeness (QED) is 0.605. The van der Waals surface area contributed by atoms with Gasteiger partial charge in [0.2, 0.25) is 0 Å². The maximum atomic E-state index is 12.7. The average Bonchev–Trinajstić information content (AvgIpc) is 2.17. The Kier molecular flexibility index (Phi) is 4.91. The van der Waals surface area contributed by atoms with E-state index < -0.39 is 0 Å². The number of benzene rings is 1. The van der Waals surface area contributed by atoms with Crippen LogP contribution in [-0.4, -0.2) is 18.3 Å². The summed E-state index contributed by atoms with van der Waals surface area (Å²) in [6, 6.07) is 4.07. The predicted octanol–water partition coefficient (Wildman–Crippen LogP) is 3.13. The summed E-state index contributed by atoms with van der Waals surface area (Å²) in [7, 11) is 0. The van der Waals surface area contributed by atoms with Crippen LogP contribution in [0.1, 0.15) is 6.92 Å². The van der Waals surface area contributed by atoms with Crippen molar-refractivity contribution < 1.29 is 13.9 Å². The molecule has 5 heteroatoms. The van der Waals surface area contributed by atoms with Gasteiger partial charge in [-0.3, -0.25) is 4.79 Å². The van der Waals surface area contributed by atoms with Gasteiger partial charge in [-0.25, -0.2) is 4.39 Å². The number of carbonyl (C=O) groups excluding carboxylic acids is 1. The Morgan fingerprint density at radius 2 is 2.33 bits per heavy atom. The lowest BCUT2D eigenvalue weighted by Crippen LogP contribution is -2.06. The fraction of sp³-hybridized carbons (Fsp3) is 0.300. The largest absolute Gasteiger partial charge is 0.465 e. The highest BCUT2D eigenvalue weighted by Gasteiger charge is 2.06. The second-order valence-corrected chi connectivity index (χ2v) is 4.09. The minimum Gasteiger partial charge on any atom is -0.465 e. The van der Waals surface area contributed by atoms with E-state index in [4.69, 9.17) is 16.3 Å². The van der Waals surface area contributed by atoms with Gasteiger partial charge in [0.1, 0.15) is 5.82 Å². The fourth-order valence-electron chi connectivity index (χ4n) is 0.932. The minimum absolute atomic E-state index is 0.180. The van der Waals surface area contributed by atoms with Crippen molar-refractivity contribution in [3.63, 3.8) is 0 Å². The van der Waals surface area contributed by atoms with Crippen molar-refractivity contribution in [3.05, 3.63) is 29.0 Å². The first-order valence-corrected chi connectivity index (χ1v) is 5.73. The van der Waals surface area contributed by atoms with Crippen molar-refractivity contribution in [2.24, 2.45) is 0 Å². The number of esters is 1. The third-order valence-electron chi connectivity index (χ3n) is 1.54. The van der Waals surface area contributed by atoms with E-state index in [1.807, 2.05) is 0 Å². The Morgan fingerprint density at radius 3 is 2.93 bits per heavy atom. The molecule has 0 aliphatic rings. The first kappa shape index (κ1) is 12.3. The third kappa shape index (κ3) is 4.10. The highest BCUT2D eigenvalue weighted by Crippen LogP contribution is 2.27. The van der Waals surface area contributed by atoms with E-state index in [1.165, 1.54) is 23.9 Å². The van der Waals surface area contributed by atoms with E-state index in [2.05, 4.69) is 0 Å². The highest BCUT2D eigenvalue weighted by molar-refractivity contribution is 8.00. The van der Waals surface area contributed by atoms with E-state index in [9.17, 15) is 9.18 Å². The predicted molar refractivity (Wildman–Crippen MR) is 58.8 cm³/mol. The summed E-state index contributed by atoms with van der Waals surface area (Å²) in [5.41, 5.74) is 0. The van der Waals surface area contributed by atoms with Crippen LogP contribution in [0.2, 0.25) is 5.02 Å². The number of halogens is 2. The topological polar surface area (TPSA) is 26.3 Å². The van der Waals surface area contributed by atoms with Gasteiger partial charge < -0.3 is 4.74 Å². The lowest BCUT2D eigenvalue weighted by atomic mass is 10.3. The first-order chi connectivity index (χ1) is 7.13. The SMILES string of the molecule is CCOC(=O)CSc1ccc(F)cc1Cl. The van der Waals surface area contributed by atoms with Gasteiger partial charge in [0.25, 0.3) is 0 Å². The van der Waals surface area contributed by atoms with Gasteiger partial charge in [0.05, 0.1) is 17.4 Å². The zero-order chi connectivity index (χ0) is 11.3. The molecular weight excluding hydrogens is 239 g/mol. The number of ether oxygens (including phenoxy) is 1. The van der Waals surface area contributed by atoms with Crippen LogP contribution in [0.3, 0.4) is 0 Å². The summed E-state index contributed by atoms with van der Waals surface area (Å²) in [6.07, 6.45) is 0. The molecule has 0 saturated carbocycles. The van der Waals surface area contributed by atoms with Crippen LogP contribution < -0.4 is 0 Å². The molecule has 0 aliphatic heterocycles. The molecule has 2 nitrogen and oxygen atoms in total. The van der Waals surface area contributed by atoms with E-state index >= 15 is 0 Å². The Hall–Kier alpha value is -0.740. The molecule has 1 aromatic rings. The Morgan fingerprint density at radius 1 is 1.60 bits per heavy atom. The normalized spacial score (nSPS) is 10.1. The minimum atomic E-state index is -0.388. The summed E-state index contributed by atoms with van der Waals surface area (Å²) < 4.78 is 17.4. The molecule has 82 valence electrons. The van der Waals surface area contributed by atoms with Crippen molar-refractivity contribution in [2.75, 3.05) is 12.4 Å². The summed E-state index contributed by atoms with van der Waals surface area (Å²) in [4.78, 5) is 11.7. The van der Waals surface area contributed by atoms with Crippen LogP contribution in [0.15, 0.2) is 23.1 Å². The molecule has 0 saturated heterocycles. The van der Waals surface area contributed by atoms with Crippen molar-refractivity contribution in [2.45, 2.75) is 11.8 Å². The van der Waals surface area contributed by atoms with E-state index in [1.54, 1.807) is 13.0 Å². The number of hydrogen-bond acceptors (Lipinski definition) is 3. The number of hydrogen-bond donors (Lipinski definition) is 0. The van der Waals surface area contributed by atoms with Crippen molar-refractivity contribution in [1.82, 2.24) is 0 Å². The van der Waals surface area contributed by atoms with Gasteiger partial charge in [-0.2, -0.15) is 0 Å². The molecule has 15 heavy (non-hydrogen) atoms. The maximum Gasteiger partial charge on any atom is 0.316 e. The molecule has 1 rings (SSSR count). The van der Waals surface area contributed by atoms with Gasteiger partial charge >= 0.3 is 5.97 Å². The van der Waals surface area contributed by atoms with Gasteiger partial charge in [0, 0.05) is 4.90 Å². The van der Waals surface area contributed by atoms with E-state index in [-0.39, 0.29) is 17.5 Å². The first-order valence-electron chi connectivity index (χ1n) is 4.37. The molecule has 0 spiro atoms. The summed E-state index contributed by atoms with van der Waals surface area (Å²) in [5, 5.41) is 0.310. The van der Waals surface area contributed by atoms with Crippen LogP contribution in [0.5, 0.6) is 0 Å². The van der Waals surface area contributed by atoms with E-state index in [0.717, 1.165) is 0 Å². The zero-order valence-electron chi connectivity index (χ0n) is 8.13. The molecule has 0 bridgehead atoms. The van der Waals surface area contributed by atoms with Crippen LogP contribution >= 0.6 is 23.4 Å². The van der Waals surface area contributed by atoms with E-state index in [0.29, 0.717) is 16.5 Å². The number of rotatable bonds is 4. The van der Waals surface area contributed by atoms with Crippen molar-refractivity contribution >= 4 is 29.3 Å². The second-order valence-electron chi connectivity index (χ2n) is 2.67. The molecule has 0 N–H and O–H groups in total. The summed E-state index contributed by atoms with van der Waals surface area (Å²) in [6.45, 7) is 2.10. The molecule has 0 heterocycles. The lowest BCUT2D eigenvalue weighted by molar-refractivity contribution is -0.139. The number of carbonyl (C=O) groups is 1. The third-order valence-corrected chi connectivity index (χ3v) is 3.02. The second kappa shape index (κ2) is 5.98. The summed E-state index contributed by atoms with van der Waals surface area (Å²) in [5.74, 6) is -0.512. The molecule has 0 fully saturated rings. The Labute approximate surface area is 96.8 Å². The lowest BCUT2D eigenvalue weighted by Gasteiger charge is -2.03. The summed E-state index contributed by atoms with van der Waals surface area (Å²) >= 11 is 7.01. The fourth-order valence-corrected chi connectivity index (χ4v) is 1.98. The number of thioether (sulfide) groups is 1. The molecule has 0 unspecified atom stereocenters. The smallest absolute Gasteiger partial charge is 0.316 e. The maximum absolute atomic E-state index is 12.7. The Bertz CT molecular complexity index is 357. The van der Waals surface area contributed by atoms with Gasteiger partial charge in [-0.1, -0.05) is 11.6 Å². The molecule has 0 amide bonds. The molecular formula is C10H10ClFO2S. The van der Waals surface area contributed by atoms with Crippen LogP contribution in [-0.2, 0) is 9.53 Å². The van der Waals surface area contributed by atoms with Gasteiger partial charge in [-0.05, 0) is 25.1 Å². The monoisotopic (exact) mass is 248 g/mol. The molecule has 0 aromatic heterocycles. The van der Waals surface area contributed by atoms with Crippen molar-refractivity contribution in [1.29, 1.82) is 0 Å². The molecule has 0 radical (unpaired) electrons. The molecule has 0 aliphatic carbocycles. The van der Waals surface area contributed by atoms with Gasteiger partial charge in [0.15, 0.2) is 0 Å². The average molecular weight is 249 g/mol. The highest BCUT2D eigenvalue weighted by atomic mass is 35.5. The molecule has 0 atom stereocenters. The van der Waals surface area contributed by atoms with Crippen LogP contribution in [0.4, 0.5) is 4.39 Å². The Balaban J connectivity index is 2.54. The van der Waals surface area contributed by atoms with Gasteiger partial charge in [-0.15, -0.1) is 11.8 Å². The zero-order valence-corrected chi connectivity index (χ0v) is 9.70. The van der Waals surface area contributed by atoms with Crippen molar-refractivity contribution in [3.8, 4) is 0 Å². The van der Waals surface area contributed by atoms with Crippen LogP contribution in [0, 0.1) is 5.82 Å². The van der Waals surface area contributed by atoms with Crippen LogP contribution in [0.25, 0.3) is 0 Å². The molecule has 1 aromatic carbocycles.